The summed E-state index contributed by atoms with van der Waals surface area (Å²) in [5.41, 5.74) is 1.42. The fraction of sp³-hybridized carbons (Fsp3) is 0.214. The molecule has 0 aliphatic carbocycles. The monoisotopic (exact) mass is 276 g/mol. The van der Waals surface area contributed by atoms with Gasteiger partial charge in [0.25, 0.3) is 0 Å². The lowest BCUT2D eigenvalue weighted by atomic mass is 10.1. The van der Waals surface area contributed by atoms with E-state index in [1.807, 2.05) is 6.07 Å². The minimum Gasteiger partial charge on any atom is -0.376 e. The minimum absolute atomic E-state index is 0.218. The van der Waals surface area contributed by atoms with Gasteiger partial charge in [-0.25, -0.2) is 0 Å². The third-order valence-electron chi connectivity index (χ3n) is 2.73. The number of halogens is 1. The molecule has 0 radical (unpaired) electrons. The third kappa shape index (κ3) is 2.84. The summed E-state index contributed by atoms with van der Waals surface area (Å²) in [6.07, 6.45) is 0.956. The summed E-state index contributed by atoms with van der Waals surface area (Å²) in [7, 11) is 0. The van der Waals surface area contributed by atoms with E-state index in [0.29, 0.717) is 10.6 Å². The average Bonchev–Trinajstić information content (AvgIpc) is 2.90. The van der Waals surface area contributed by atoms with Crippen molar-refractivity contribution in [1.29, 1.82) is 5.26 Å². The van der Waals surface area contributed by atoms with Gasteiger partial charge in [-0.05, 0) is 36.1 Å². The molecule has 0 saturated heterocycles. The Bertz CT molecular complexity index is 558. The molecule has 0 fully saturated rings. The Labute approximate surface area is 116 Å². The Hall–Kier alpha value is -1.50. The number of rotatable bonds is 4. The van der Waals surface area contributed by atoms with E-state index < -0.39 is 0 Å². The van der Waals surface area contributed by atoms with Gasteiger partial charge in [-0.1, -0.05) is 24.6 Å². The van der Waals surface area contributed by atoms with Crippen LogP contribution in [0.15, 0.2) is 35.7 Å². The average molecular weight is 277 g/mol. The van der Waals surface area contributed by atoms with Crippen LogP contribution in [-0.4, -0.2) is 0 Å². The molecule has 0 aliphatic heterocycles. The highest BCUT2D eigenvalue weighted by molar-refractivity contribution is 7.10. The van der Waals surface area contributed by atoms with Gasteiger partial charge in [0.15, 0.2) is 0 Å². The molecule has 0 aliphatic rings. The summed E-state index contributed by atoms with van der Waals surface area (Å²) < 4.78 is 0. The topological polar surface area (TPSA) is 35.8 Å². The van der Waals surface area contributed by atoms with Crippen molar-refractivity contribution in [3.63, 3.8) is 0 Å². The van der Waals surface area contributed by atoms with Crippen molar-refractivity contribution >= 4 is 28.6 Å². The van der Waals surface area contributed by atoms with E-state index in [4.69, 9.17) is 16.9 Å². The molecule has 1 aromatic heterocycles. The molecule has 2 rings (SSSR count). The lowest BCUT2D eigenvalue weighted by Crippen LogP contribution is -2.09. The SMILES string of the molecule is CCC(Nc1cc(Cl)ccc1C#N)c1cccs1. The van der Waals surface area contributed by atoms with E-state index >= 15 is 0 Å². The molecule has 2 nitrogen and oxygen atoms in total. The van der Waals surface area contributed by atoms with E-state index in [1.54, 1.807) is 29.5 Å². The van der Waals surface area contributed by atoms with Gasteiger partial charge in [0.05, 0.1) is 17.3 Å². The normalized spacial score (nSPS) is 11.8. The summed E-state index contributed by atoms with van der Waals surface area (Å²) in [5, 5.41) is 15.2. The third-order valence-corrected chi connectivity index (χ3v) is 3.95. The number of benzene rings is 1. The Morgan fingerprint density at radius 3 is 2.89 bits per heavy atom. The van der Waals surface area contributed by atoms with Crippen molar-refractivity contribution in [3.8, 4) is 6.07 Å². The summed E-state index contributed by atoms with van der Waals surface area (Å²) in [6, 6.07) is 11.8. The molecule has 0 amide bonds. The molecule has 4 heteroatoms. The Balaban J connectivity index is 2.27. The van der Waals surface area contributed by atoms with E-state index in [-0.39, 0.29) is 6.04 Å². The fourth-order valence-corrected chi connectivity index (χ4v) is 2.82. The van der Waals surface area contributed by atoms with Crippen molar-refractivity contribution in [2.75, 3.05) is 5.32 Å². The number of hydrogen-bond donors (Lipinski definition) is 1. The maximum atomic E-state index is 9.10. The van der Waals surface area contributed by atoms with E-state index in [1.165, 1.54) is 4.88 Å². The molecule has 1 atom stereocenters. The summed E-state index contributed by atoms with van der Waals surface area (Å²) in [6.45, 7) is 2.12. The Morgan fingerprint density at radius 2 is 2.28 bits per heavy atom. The maximum Gasteiger partial charge on any atom is 0.101 e. The Morgan fingerprint density at radius 1 is 1.44 bits per heavy atom. The molecule has 0 spiro atoms. The van der Waals surface area contributed by atoms with Gasteiger partial charge in [0, 0.05) is 9.90 Å². The number of nitrogens with zero attached hydrogens (tertiary/aromatic N) is 1. The molecular weight excluding hydrogens is 264 g/mol. The fourth-order valence-electron chi connectivity index (χ4n) is 1.79. The van der Waals surface area contributed by atoms with E-state index in [9.17, 15) is 0 Å². The smallest absolute Gasteiger partial charge is 0.101 e. The van der Waals surface area contributed by atoms with Crippen LogP contribution in [0.5, 0.6) is 0 Å². The zero-order valence-electron chi connectivity index (χ0n) is 9.98. The van der Waals surface area contributed by atoms with Crippen LogP contribution in [0.4, 0.5) is 5.69 Å². The first-order valence-electron chi connectivity index (χ1n) is 5.74. The van der Waals surface area contributed by atoms with Gasteiger partial charge in [-0.2, -0.15) is 5.26 Å². The van der Waals surface area contributed by atoms with Gasteiger partial charge in [-0.15, -0.1) is 11.3 Å². The molecule has 1 N–H and O–H groups in total. The van der Waals surface area contributed by atoms with Crippen LogP contribution in [0, 0.1) is 11.3 Å². The maximum absolute atomic E-state index is 9.10. The minimum atomic E-state index is 0.218. The van der Waals surface area contributed by atoms with E-state index in [0.717, 1.165) is 12.1 Å². The van der Waals surface area contributed by atoms with Crippen LogP contribution in [0.1, 0.15) is 29.8 Å². The zero-order valence-corrected chi connectivity index (χ0v) is 11.6. The van der Waals surface area contributed by atoms with Gasteiger partial charge in [0.1, 0.15) is 6.07 Å². The number of anilines is 1. The van der Waals surface area contributed by atoms with Crippen molar-refractivity contribution in [1.82, 2.24) is 0 Å². The lowest BCUT2D eigenvalue weighted by Gasteiger charge is -2.18. The van der Waals surface area contributed by atoms with Gasteiger partial charge in [0.2, 0.25) is 0 Å². The largest absolute Gasteiger partial charge is 0.376 e. The first-order valence-corrected chi connectivity index (χ1v) is 7.00. The quantitative estimate of drug-likeness (QED) is 0.868. The van der Waals surface area contributed by atoms with Crippen LogP contribution < -0.4 is 5.32 Å². The van der Waals surface area contributed by atoms with Crippen LogP contribution in [0.2, 0.25) is 5.02 Å². The molecule has 2 aromatic rings. The van der Waals surface area contributed by atoms with Crippen molar-refractivity contribution < 1.29 is 0 Å². The van der Waals surface area contributed by atoms with Crippen LogP contribution >= 0.6 is 22.9 Å². The molecule has 1 heterocycles. The summed E-state index contributed by atoms with van der Waals surface area (Å²) in [4.78, 5) is 1.27. The highest BCUT2D eigenvalue weighted by atomic mass is 35.5. The van der Waals surface area contributed by atoms with Crippen molar-refractivity contribution in [2.45, 2.75) is 19.4 Å². The standard InChI is InChI=1S/C14H13ClN2S/c1-2-12(14-4-3-7-18-14)17-13-8-11(15)6-5-10(13)9-16/h3-8,12,17H,2H2,1H3. The number of nitriles is 1. The zero-order chi connectivity index (χ0) is 13.0. The van der Waals surface area contributed by atoms with E-state index in [2.05, 4.69) is 29.8 Å². The van der Waals surface area contributed by atoms with Gasteiger partial charge in [-0.3, -0.25) is 0 Å². The van der Waals surface area contributed by atoms with Crippen LogP contribution in [0.25, 0.3) is 0 Å². The predicted octanol–water partition coefficient (Wildman–Crippen LogP) is 4.84. The van der Waals surface area contributed by atoms with Crippen LogP contribution in [0.3, 0.4) is 0 Å². The molecule has 18 heavy (non-hydrogen) atoms. The first-order chi connectivity index (χ1) is 8.74. The second-order valence-electron chi connectivity index (χ2n) is 3.92. The van der Waals surface area contributed by atoms with Gasteiger partial charge < -0.3 is 5.32 Å². The van der Waals surface area contributed by atoms with Crippen molar-refractivity contribution in [2.24, 2.45) is 0 Å². The predicted molar refractivity (Wildman–Crippen MR) is 77.1 cm³/mol. The molecule has 1 aromatic carbocycles. The second-order valence-corrected chi connectivity index (χ2v) is 5.34. The molecule has 92 valence electrons. The highest BCUT2D eigenvalue weighted by Crippen LogP contribution is 2.29. The highest BCUT2D eigenvalue weighted by Gasteiger charge is 2.12. The second kappa shape index (κ2) is 5.90. The summed E-state index contributed by atoms with van der Waals surface area (Å²) in [5.74, 6) is 0. The first kappa shape index (κ1) is 12.9. The summed E-state index contributed by atoms with van der Waals surface area (Å²) >= 11 is 7.69. The molecule has 0 saturated carbocycles. The number of hydrogen-bond acceptors (Lipinski definition) is 3. The Kier molecular flexibility index (Phi) is 4.24. The molecule has 1 unspecified atom stereocenters. The van der Waals surface area contributed by atoms with Crippen molar-refractivity contribution in [3.05, 3.63) is 51.2 Å². The lowest BCUT2D eigenvalue weighted by molar-refractivity contribution is 0.763. The number of nitrogens with one attached hydrogen (secondary N) is 1. The molecular formula is C14H13ClN2S. The van der Waals surface area contributed by atoms with Gasteiger partial charge >= 0.3 is 0 Å². The molecule has 0 bridgehead atoms. The number of thiophene rings is 1. The van der Waals surface area contributed by atoms with Crippen LogP contribution in [-0.2, 0) is 0 Å².